The van der Waals surface area contributed by atoms with Crippen molar-refractivity contribution in [3.8, 4) is 0 Å². The van der Waals surface area contributed by atoms with Crippen molar-refractivity contribution in [2.45, 2.75) is 104 Å². The van der Waals surface area contributed by atoms with Gasteiger partial charge in [0.2, 0.25) is 5.91 Å². The molecule has 0 bridgehead atoms. The molecule has 0 aromatic heterocycles. The van der Waals surface area contributed by atoms with E-state index in [4.69, 9.17) is 0 Å². The highest BCUT2D eigenvalue weighted by Crippen LogP contribution is 2.08. The number of amides is 3. The molecule has 3 amide bonds. The highest BCUT2D eigenvalue weighted by molar-refractivity contribution is 5.94. The first kappa shape index (κ1) is 23.7. The minimum atomic E-state index is -0.361. The Kier molecular flexibility index (Phi) is 18.0. The van der Waals surface area contributed by atoms with Crippen molar-refractivity contribution in [2.24, 2.45) is 0 Å². The van der Waals surface area contributed by atoms with Crippen LogP contribution >= 0.6 is 0 Å². The van der Waals surface area contributed by atoms with E-state index in [2.05, 4.69) is 36.6 Å². The fourth-order valence-electron chi connectivity index (χ4n) is 2.61. The summed E-state index contributed by atoms with van der Waals surface area (Å²) in [4.78, 5) is 23.0. The van der Waals surface area contributed by atoms with Crippen molar-refractivity contribution in [1.82, 2.24) is 10.6 Å². The van der Waals surface area contributed by atoms with Gasteiger partial charge in [0.1, 0.15) is 0 Å². The predicted molar refractivity (Wildman–Crippen MR) is 107 cm³/mol. The van der Waals surface area contributed by atoms with E-state index in [1.165, 1.54) is 57.8 Å². The third-order valence-corrected chi connectivity index (χ3v) is 4.23. The lowest BCUT2D eigenvalue weighted by Gasteiger charge is -2.06. The standard InChI is InChI=1S/C21H40N2O2/c1-3-5-7-8-9-10-11-12-13-14-15-16-17-18-20(24)23-21(25)22-19-6-4-2/h10-11H,3-9,12-19H2,1-2H3,(H2,22,23,24,25). The van der Waals surface area contributed by atoms with Gasteiger partial charge in [-0.3, -0.25) is 10.1 Å². The fraction of sp³-hybridized carbons (Fsp3) is 0.810. The quantitative estimate of drug-likeness (QED) is 0.269. The fourth-order valence-corrected chi connectivity index (χ4v) is 2.61. The predicted octanol–water partition coefficient (Wildman–Crippen LogP) is 5.87. The summed E-state index contributed by atoms with van der Waals surface area (Å²) < 4.78 is 0. The second kappa shape index (κ2) is 19.0. The second-order valence-electron chi connectivity index (χ2n) is 6.78. The van der Waals surface area contributed by atoms with Gasteiger partial charge in [0.25, 0.3) is 0 Å². The first-order valence-corrected chi connectivity index (χ1v) is 10.4. The molecular weight excluding hydrogens is 312 g/mol. The van der Waals surface area contributed by atoms with Gasteiger partial charge in [-0.1, -0.05) is 70.9 Å². The molecule has 0 unspecified atom stereocenters. The molecule has 0 aliphatic rings. The Morgan fingerprint density at radius 1 is 0.720 bits per heavy atom. The molecule has 4 heteroatoms. The van der Waals surface area contributed by atoms with Gasteiger partial charge in [0, 0.05) is 13.0 Å². The Bertz CT molecular complexity index is 354. The van der Waals surface area contributed by atoms with Crippen LogP contribution in [0.2, 0.25) is 0 Å². The number of hydrogen-bond acceptors (Lipinski definition) is 2. The van der Waals surface area contributed by atoms with Crippen LogP contribution in [0.3, 0.4) is 0 Å². The molecule has 0 aliphatic carbocycles. The van der Waals surface area contributed by atoms with Crippen LogP contribution in [0.1, 0.15) is 104 Å². The minimum Gasteiger partial charge on any atom is -0.338 e. The van der Waals surface area contributed by atoms with Crippen molar-refractivity contribution >= 4 is 11.9 Å². The first-order valence-electron chi connectivity index (χ1n) is 10.4. The number of imide groups is 1. The zero-order valence-electron chi connectivity index (χ0n) is 16.6. The third-order valence-electron chi connectivity index (χ3n) is 4.23. The second-order valence-corrected chi connectivity index (χ2v) is 6.78. The zero-order valence-corrected chi connectivity index (χ0v) is 16.6. The molecule has 0 saturated heterocycles. The normalized spacial score (nSPS) is 11.0. The minimum absolute atomic E-state index is 0.167. The van der Waals surface area contributed by atoms with Crippen LogP contribution in [0.4, 0.5) is 4.79 Å². The van der Waals surface area contributed by atoms with Crippen molar-refractivity contribution in [1.29, 1.82) is 0 Å². The van der Waals surface area contributed by atoms with E-state index in [0.717, 1.165) is 25.7 Å². The molecule has 4 nitrogen and oxygen atoms in total. The molecule has 0 spiro atoms. The van der Waals surface area contributed by atoms with E-state index in [-0.39, 0.29) is 11.9 Å². The molecule has 0 fully saturated rings. The van der Waals surface area contributed by atoms with Gasteiger partial charge in [-0.2, -0.15) is 0 Å². The highest BCUT2D eigenvalue weighted by atomic mass is 16.2. The van der Waals surface area contributed by atoms with Crippen molar-refractivity contribution in [3.63, 3.8) is 0 Å². The van der Waals surface area contributed by atoms with Gasteiger partial charge in [-0.05, 0) is 38.5 Å². The molecule has 146 valence electrons. The smallest absolute Gasteiger partial charge is 0.321 e. The van der Waals surface area contributed by atoms with Crippen LogP contribution in [0.5, 0.6) is 0 Å². The van der Waals surface area contributed by atoms with Crippen molar-refractivity contribution in [2.75, 3.05) is 6.54 Å². The SMILES string of the molecule is CCCCCCC=CCCCCCCCC(=O)NC(=O)NCCCC. The van der Waals surface area contributed by atoms with E-state index < -0.39 is 0 Å². The van der Waals surface area contributed by atoms with Gasteiger partial charge in [0.15, 0.2) is 0 Å². The number of hydrogen-bond donors (Lipinski definition) is 2. The maximum absolute atomic E-state index is 11.6. The molecule has 0 aromatic carbocycles. The summed E-state index contributed by atoms with van der Waals surface area (Å²) in [5.74, 6) is -0.167. The Hall–Kier alpha value is -1.32. The average Bonchev–Trinajstić information content (AvgIpc) is 2.59. The maximum Gasteiger partial charge on any atom is 0.321 e. The summed E-state index contributed by atoms with van der Waals surface area (Å²) in [6.07, 6.45) is 20.3. The third kappa shape index (κ3) is 18.9. The number of carbonyl (C=O) groups excluding carboxylic acids is 2. The van der Waals surface area contributed by atoms with Gasteiger partial charge in [-0.15, -0.1) is 0 Å². The lowest BCUT2D eigenvalue weighted by Crippen LogP contribution is -2.39. The molecular formula is C21H40N2O2. The number of allylic oxidation sites excluding steroid dienone is 2. The molecule has 25 heavy (non-hydrogen) atoms. The number of urea groups is 1. The molecule has 0 aliphatic heterocycles. The molecule has 0 saturated carbocycles. The Labute approximate surface area is 155 Å². The van der Waals surface area contributed by atoms with Gasteiger partial charge >= 0.3 is 6.03 Å². The van der Waals surface area contributed by atoms with Crippen LogP contribution in [0.25, 0.3) is 0 Å². The number of carbonyl (C=O) groups is 2. The van der Waals surface area contributed by atoms with Crippen LogP contribution < -0.4 is 10.6 Å². The molecule has 0 atom stereocenters. The summed E-state index contributed by atoms with van der Waals surface area (Å²) in [6.45, 7) is 4.94. The summed E-state index contributed by atoms with van der Waals surface area (Å²) >= 11 is 0. The average molecular weight is 353 g/mol. The lowest BCUT2D eigenvalue weighted by atomic mass is 10.1. The lowest BCUT2D eigenvalue weighted by molar-refractivity contribution is -0.120. The van der Waals surface area contributed by atoms with E-state index in [1.807, 2.05) is 0 Å². The Morgan fingerprint density at radius 2 is 1.28 bits per heavy atom. The molecule has 0 heterocycles. The Morgan fingerprint density at radius 3 is 1.92 bits per heavy atom. The van der Waals surface area contributed by atoms with E-state index in [0.29, 0.717) is 13.0 Å². The van der Waals surface area contributed by atoms with Crippen LogP contribution in [-0.4, -0.2) is 18.5 Å². The van der Waals surface area contributed by atoms with Gasteiger partial charge in [0.05, 0.1) is 0 Å². The van der Waals surface area contributed by atoms with E-state index in [9.17, 15) is 9.59 Å². The molecule has 0 aromatic rings. The zero-order chi connectivity index (χ0) is 18.6. The highest BCUT2D eigenvalue weighted by Gasteiger charge is 2.06. The summed E-state index contributed by atoms with van der Waals surface area (Å²) in [5.41, 5.74) is 0. The van der Waals surface area contributed by atoms with Gasteiger partial charge in [-0.25, -0.2) is 4.79 Å². The van der Waals surface area contributed by atoms with Crippen LogP contribution in [0, 0.1) is 0 Å². The Balaban J connectivity index is 3.33. The van der Waals surface area contributed by atoms with Crippen molar-refractivity contribution in [3.05, 3.63) is 12.2 Å². The number of rotatable bonds is 16. The summed E-state index contributed by atoms with van der Waals surface area (Å²) in [7, 11) is 0. The molecule has 0 rings (SSSR count). The summed E-state index contributed by atoms with van der Waals surface area (Å²) in [6, 6.07) is -0.361. The van der Waals surface area contributed by atoms with Gasteiger partial charge < -0.3 is 5.32 Å². The number of unbranched alkanes of at least 4 members (excludes halogenated alkanes) is 10. The largest absolute Gasteiger partial charge is 0.338 e. The maximum atomic E-state index is 11.6. The van der Waals surface area contributed by atoms with E-state index in [1.54, 1.807) is 0 Å². The molecule has 2 N–H and O–H groups in total. The topological polar surface area (TPSA) is 58.2 Å². The first-order chi connectivity index (χ1) is 12.2. The molecule has 0 radical (unpaired) electrons. The summed E-state index contributed by atoms with van der Waals surface area (Å²) in [5, 5.41) is 5.07. The van der Waals surface area contributed by atoms with Crippen molar-refractivity contribution < 1.29 is 9.59 Å². The monoisotopic (exact) mass is 352 g/mol. The number of nitrogens with one attached hydrogen (secondary N) is 2. The van der Waals surface area contributed by atoms with Crippen LogP contribution in [-0.2, 0) is 4.79 Å². The van der Waals surface area contributed by atoms with Crippen LogP contribution in [0.15, 0.2) is 12.2 Å². The van der Waals surface area contributed by atoms with E-state index >= 15 is 0 Å².